The van der Waals surface area contributed by atoms with Gasteiger partial charge in [0.15, 0.2) is 0 Å². The Hall–Kier alpha value is -0.340. The normalized spacial score (nSPS) is 15.6. The lowest BCUT2D eigenvalue weighted by Gasteiger charge is -2.26. The summed E-state index contributed by atoms with van der Waals surface area (Å²) in [7, 11) is 3.74. The summed E-state index contributed by atoms with van der Waals surface area (Å²) in [5.41, 5.74) is 1.32. The molecule has 0 radical (unpaired) electrons. The maximum Gasteiger partial charge on any atom is 0.0782 e. The van der Waals surface area contributed by atoms with E-state index < -0.39 is 0 Å². The fourth-order valence-corrected chi connectivity index (χ4v) is 1.54. The second-order valence-electron chi connectivity index (χ2n) is 4.00. The fourth-order valence-electron chi connectivity index (χ4n) is 1.54. The van der Waals surface area contributed by atoms with Crippen LogP contribution in [0.2, 0.25) is 0 Å². The summed E-state index contributed by atoms with van der Waals surface area (Å²) in [5, 5.41) is 3.26. The highest BCUT2D eigenvalue weighted by atomic mass is 16.5. The van der Waals surface area contributed by atoms with Gasteiger partial charge in [-0.3, -0.25) is 0 Å². The van der Waals surface area contributed by atoms with Gasteiger partial charge in [0.2, 0.25) is 0 Å². The average molecular weight is 185 g/mol. The van der Waals surface area contributed by atoms with E-state index in [1.165, 1.54) is 5.57 Å². The highest BCUT2D eigenvalue weighted by Gasteiger charge is 2.20. The van der Waals surface area contributed by atoms with Crippen molar-refractivity contribution in [2.75, 3.05) is 14.2 Å². The van der Waals surface area contributed by atoms with Crippen molar-refractivity contribution < 1.29 is 4.74 Å². The molecule has 1 N–H and O–H groups in total. The van der Waals surface area contributed by atoms with Crippen molar-refractivity contribution in [1.29, 1.82) is 0 Å². The molecule has 0 amide bonds. The summed E-state index contributed by atoms with van der Waals surface area (Å²) < 4.78 is 5.46. The van der Waals surface area contributed by atoms with E-state index in [1.807, 2.05) is 7.05 Å². The zero-order chi connectivity index (χ0) is 10.4. The summed E-state index contributed by atoms with van der Waals surface area (Å²) in [4.78, 5) is 0. The largest absolute Gasteiger partial charge is 0.379 e. The minimum absolute atomic E-state index is 0.250. The first kappa shape index (κ1) is 12.7. The van der Waals surface area contributed by atoms with Gasteiger partial charge in [0.25, 0.3) is 0 Å². The van der Waals surface area contributed by atoms with Crippen LogP contribution in [0.1, 0.15) is 27.7 Å². The molecule has 0 spiro atoms. The van der Waals surface area contributed by atoms with Gasteiger partial charge in [0.1, 0.15) is 0 Å². The van der Waals surface area contributed by atoms with Crippen LogP contribution in [0.3, 0.4) is 0 Å². The molecule has 0 aliphatic carbocycles. The lowest BCUT2D eigenvalue weighted by Crippen LogP contribution is -2.40. The minimum Gasteiger partial charge on any atom is -0.379 e. The summed E-state index contributed by atoms with van der Waals surface area (Å²) in [6.07, 6.45) is 2.47. The van der Waals surface area contributed by atoms with Gasteiger partial charge >= 0.3 is 0 Å². The third kappa shape index (κ3) is 4.44. The van der Waals surface area contributed by atoms with Gasteiger partial charge in [0.05, 0.1) is 12.1 Å². The van der Waals surface area contributed by atoms with Crippen molar-refractivity contribution in [2.45, 2.75) is 39.8 Å². The number of methoxy groups -OCH3 is 1. The number of likely N-dealkylation sites (N-methyl/N-ethyl adjacent to an activating group) is 1. The van der Waals surface area contributed by atoms with Gasteiger partial charge in [-0.05, 0) is 26.8 Å². The van der Waals surface area contributed by atoms with Crippen LogP contribution in [0, 0.1) is 5.92 Å². The number of hydrogen-bond donors (Lipinski definition) is 1. The van der Waals surface area contributed by atoms with E-state index in [4.69, 9.17) is 4.74 Å². The van der Waals surface area contributed by atoms with E-state index in [2.05, 4.69) is 39.1 Å². The van der Waals surface area contributed by atoms with E-state index in [0.29, 0.717) is 12.0 Å². The second kappa shape index (κ2) is 6.17. The standard InChI is InChI=1S/C11H23NO/c1-8(2)7-10(12-5)11(13-6)9(3)4/h7,9-12H,1-6H3. The molecule has 0 aliphatic heterocycles. The maximum absolute atomic E-state index is 5.46. The summed E-state index contributed by atoms with van der Waals surface area (Å²) in [6, 6.07) is 0.315. The first-order valence-corrected chi connectivity index (χ1v) is 4.88. The van der Waals surface area contributed by atoms with E-state index in [9.17, 15) is 0 Å². The SMILES string of the molecule is CNC(C=C(C)C)C(OC)C(C)C. The summed E-state index contributed by atoms with van der Waals surface area (Å²) in [5.74, 6) is 0.526. The van der Waals surface area contributed by atoms with Crippen molar-refractivity contribution >= 4 is 0 Å². The van der Waals surface area contributed by atoms with E-state index >= 15 is 0 Å². The van der Waals surface area contributed by atoms with Gasteiger partial charge in [0, 0.05) is 7.11 Å². The van der Waals surface area contributed by atoms with Crippen LogP contribution in [0.5, 0.6) is 0 Å². The smallest absolute Gasteiger partial charge is 0.0782 e. The Morgan fingerprint density at radius 1 is 1.31 bits per heavy atom. The van der Waals surface area contributed by atoms with Crippen molar-refractivity contribution in [3.8, 4) is 0 Å². The molecule has 2 nitrogen and oxygen atoms in total. The Morgan fingerprint density at radius 2 is 1.85 bits per heavy atom. The van der Waals surface area contributed by atoms with Crippen LogP contribution in [0.25, 0.3) is 0 Å². The Balaban J connectivity index is 4.43. The molecular formula is C11H23NO. The zero-order valence-electron chi connectivity index (χ0n) is 9.72. The third-order valence-corrected chi connectivity index (χ3v) is 2.13. The van der Waals surface area contributed by atoms with Gasteiger partial charge in [-0.15, -0.1) is 0 Å². The minimum atomic E-state index is 0.250. The monoisotopic (exact) mass is 185 g/mol. The van der Waals surface area contributed by atoms with Crippen molar-refractivity contribution in [1.82, 2.24) is 5.32 Å². The maximum atomic E-state index is 5.46. The lowest BCUT2D eigenvalue weighted by molar-refractivity contribution is 0.0477. The molecule has 13 heavy (non-hydrogen) atoms. The van der Waals surface area contributed by atoms with Gasteiger partial charge in [-0.1, -0.05) is 25.5 Å². The van der Waals surface area contributed by atoms with E-state index in [0.717, 1.165) is 0 Å². The van der Waals surface area contributed by atoms with Crippen molar-refractivity contribution in [3.63, 3.8) is 0 Å². The Labute approximate surface area is 82.4 Å². The van der Waals surface area contributed by atoms with Crippen LogP contribution >= 0.6 is 0 Å². The highest BCUT2D eigenvalue weighted by Crippen LogP contribution is 2.12. The van der Waals surface area contributed by atoms with Crippen LogP contribution in [0.15, 0.2) is 11.6 Å². The number of allylic oxidation sites excluding steroid dienone is 1. The molecule has 0 heterocycles. The van der Waals surface area contributed by atoms with Crippen LogP contribution in [0.4, 0.5) is 0 Å². The topological polar surface area (TPSA) is 21.3 Å². The average Bonchev–Trinajstić information content (AvgIpc) is 2.02. The molecule has 0 aliphatic rings. The number of hydrogen-bond acceptors (Lipinski definition) is 2. The number of rotatable bonds is 5. The Morgan fingerprint density at radius 3 is 2.08 bits per heavy atom. The van der Waals surface area contributed by atoms with Gasteiger partial charge < -0.3 is 10.1 Å². The van der Waals surface area contributed by atoms with Crippen LogP contribution < -0.4 is 5.32 Å². The first-order chi connectivity index (χ1) is 6.02. The molecule has 2 heteroatoms. The molecule has 0 bridgehead atoms. The van der Waals surface area contributed by atoms with Crippen molar-refractivity contribution in [2.24, 2.45) is 5.92 Å². The molecule has 0 saturated carbocycles. The second-order valence-corrected chi connectivity index (χ2v) is 4.00. The van der Waals surface area contributed by atoms with Crippen molar-refractivity contribution in [3.05, 3.63) is 11.6 Å². The Bertz CT molecular complexity index is 159. The van der Waals surface area contributed by atoms with E-state index in [1.54, 1.807) is 7.11 Å². The molecule has 78 valence electrons. The quantitative estimate of drug-likeness (QED) is 0.663. The molecule has 0 rings (SSSR count). The molecule has 0 fully saturated rings. The molecule has 2 unspecified atom stereocenters. The molecule has 0 aromatic carbocycles. The fraction of sp³-hybridized carbons (Fsp3) is 0.818. The van der Waals surface area contributed by atoms with Gasteiger partial charge in [-0.25, -0.2) is 0 Å². The summed E-state index contributed by atoms with van der Waals surface area (Å²) >= 11 is 0. The molecule has 0 saturated heterocycles. The molecular weight excluding hydrogens is 162 g/mol. The van der Waals surface area contributed by atoms with E-state index in [-0.39, 0.29) is 6.10 Å². The molecule has 0 aromatic rings. The zero-order valence-corrected chi connectivity index (χ0v) is 9.72. The van der Waals surface area contributed by atoms with Crippen LogP contribution in [-0.4, -0.2) is 26.3 Å². The molecule has 0 aromatic heterocycles. The lowest BCUT2D eigenvalue weighted by atomic mass is 9.98. The predicted octanol–water partition coefficient (Wildman–Crippen LogP) is 2.21. The number of nitrogens with one attached hydrogen (secondary N) is 1. The number of ether oxygens (including phenoxy) is 1. The van der Waals surface area contributed by atoms with Gasteiger partial charge in [-0.2, -0.15) is 0 Å². The molecule has 2 atom stereocenters. The Kier molecular flexibility index (Phi) is 6.00. The third-order valence-electron chi connectivity index (χ3n) is 2.13. The predicted molar refractivity (Wildman–Crippen MR) is 57.9 cm³/mol. The highest BCUT2D eigenvalue weighted by molar-refractivity contribution is 5.04. The summed E-state index contributed by atoms with van der Waals surface area (Å²) in [6.45, 7) is 8.57. The van der Waals surface area contributed by atoms with Crippen LogP contribution in [-0.2, 0) is 4.74 Å². The first-order valence-electron chi connectivity index (χ1n) is 4.88.